The number of amides is 2. The van der Waals surface area contributed by atoms with Gasteiger partial charge in [-0.15, -0.1) is 22.0 Å². The standard InChI is InChI=1S/C18H25N7O4S/c1-8-13-12(9(2)25-21-7-20-22-25)17(27)24(13)14(18(28)29)15(8)30-10-5-11(19-6-10)16(26)23(3)4/h7-13,19H,5-6H2,1-4H3,(H,28,29)/t8-,9-,10+,11+,12-,13?/m1/s1. The molecule has 2 saturated heterocycles. The van der Waals surface area contributed by atoms with Crippen LogP contribution in [0.1, 0.15) is 26.3 Å². The van der Waals surface area contributed by atoms with Crippen LogP contribution in [0, 0.1) is 11.8 Å². The van der Waals surface area contributed by atoms with Crippen molar-refractivity contribution in [1.29, 1.82) is 0 Å². The van der Waals surface area contributed by atoms with Gasteiger partial charge in [0.25, 0.3) is 0 Å². The van der Waals surface area contributed by atoms with E-state index in [1.54, 1.807) is 19.0 Å². The first-order valence-electron chi connectivity index (χ1n) is 9.86. The first-order chi connectivity index (χ1) is 14.2. The lowest BCUT2D eigenvalue weighted by Crippen LogP contribution is -2.62. The Labute approximate surface area is 177 Å². The van der Waals surface area contributed by atoms with E-state index >= 15 is 0 Å². The second kappa shape index (κ2) is 7.65. The van der Waals surface area contributed by atoms with Crippen molar-refractivity contribution in [2.75, 3.05) is 20.6 Å². The molecule has 4 rings (SSSR count). The topological polar surface area (TPSA) is 134 Å². The van der Waals surface area contributed by atoms with Crippen molar-refractivity contribution in [3.05, 3.63) is 16.9 Å². The number of likely N-dealkylation sites (N-methyl/N-ethyl adjacent to an activating group) is 1. The monoisotopic (exact) mass is 435 g/mol. The Hall–Kier alpha value is -2.47. The minimum atomic E-state index is -1.10. The van der Waals surface area contributed by atoms with E-state index in [1.807, 2.05) is 13.8 Å². The molecule has 3 aliphatic heterocycles. The molecule has 0 aliphatic carbocycles. The average Bonchev–Trinajstić information content (AvgIpc) is 3.42. The molecule has 1 aromatic rings. The third-order valence-corrected chi connectivity index (χ3v) is 7.67. The van der Waals surface area contributed by atoms with E-state index in [2.05, 4.69) is 20.7 Å². The molecule has 162 valence electrons. The fourth-order valence-electron chi connectivity index (χ4n) is 4.66. The number of thioether (sulfide) groups is 1. The number of aromatic nitrogens is 4. The molecule has 6 atom stereocenters. The van der Waals surface area contributed by atoms with Crippen LogP contribution in [0.15, 0.2) is 16.9 Å². The Balaban J connectivity index is 1.53. The summed E-state index contributed by atoms with van der Waals surface area (Å²) in [5.74, 6) is -1.85. The summed E-state index contributed by atoms with van der Waals surface area (Å²) in [7, 11) is 3.44. The van der Waals surface area contributed by atoms with E-state index in [4.69, 9.17) is 0 Å². The number of fused-ring (bicyclic) bond motifs is 1. The Kier molecular flexibility index (Phi) is 5.30. The normalized spacial score (nSPS) is 31.5. The molecule has 0 spiro atoms. The molecule has 1 unspecified atom stereocenters. The lowest BCUT2D eigenvalue weighted by molar-refractivity contribution is -0.159. The van der Waals surface area contributed by atoms with Crippen LogP contribution in [0.3, 0.4) is 0 Å². The molecule has 1 aromatic heterocycles. The molecule has 2 N–H and O–H groups in total. The summed E-state index contributed by atoms with van der Waals surface area (Å²) in [5.41, 5.74) is 0.0693. The van der Waals surface area contributed by atoms with Crippen molar-refractivity contribution in [3.8, 4) is 0 Å². The molecule has 11 nitrogen and oxygen atoms in total. The first-order valence-corrected chi connectivity index (χ1v) is 10.7. The smallest absolute Gasteiger partial charge is 0.353 e. The number of aliphatic carboxylic acids is 1. The van der Waals surface area contributed by atoms with Gasteiger partial charge in [-0.2, -0.15) is 4.80 Å². The lowest BCUT2D eigenvalue weighted by Gasteiger charge is -2.47. The fraction of sp³-hybridized carbons (Fsp3) is 0.667. The lowest BCUT2D eigenvalue weighted by atomic mass is 9.78. The van der Waals surface area contributed by atoms with Crippen LogP contribution in [-0.4, -0.2) is 90.9 Å². The SMILES string of the molecule is C[C@H]([C@H]1C(=O)N2C(C(=O)O)=C(S[C@@H]3CN[C@H](C(=O)N(C)C)C3)[C@H](C)C12)n1ncnn1. The predicted molar refractivity (Wildman–Crippen MR) is 107 cm³/mol. The minimum absolute atomic E-state index is 0.0122. The maximum Gasteiger partial charge on any atom is 0.353 e. The third-order valence-electron chi connectivity index (χ3n) is 6.16. The van der Waals surface area contributed by atoms with Gasteiger partial charge in [0, 0.05) is 36.7 Å². The number of nitrogens with zero attached hydrogens (tertiary/aromatic N) is 6. The van der Waals surface area contributed by atoms with E-state index in [9.17, 15) is 19.5 Å². The quantitative estimate of drug-likeness (QED) is 0.570. The molecule has 4 heterocycles. The van der Waals surface area contributed by atoms with Gasteiger partial charge >= 0.3 is 5.97 Å². The summed E-state index contributed by atoms with van der Waals surface area (Å²) in [6, 6.07) is -0.841. The molecule has 0 bridgehead atoms. The molecule has 0 aromatic carbocycles. The zero-order valence-corrected chi connectivity index (χ0v) is 18.0. The largest absolute Gasteiger partial charge is 0.477 e. The number of nitrogens with one attached hydrogen (secondary N) is 1. The zero-order valence-electron chi connectivity index (χ0n) is 17.2. The molecule has 2 fully saturated rings. The van der Waals surface area contributed by atoms with Crippen LogP contribution >= 0.6 is 11.8 Å². The van der Waals surface area contributed by atoms with Crippen LogP contribution in [0.4, 0.5) is 0 Å². The zero-order chi connectivity index (χ0) is 21.7. The summed E-state index contributed by atoms with van der Waals surface area (Å²) in [6.07, 6.45) is 1.93. The molecule has 0 saturated carbocycles. The van der Waals surface area contributed by atoms with Crippen molar-refractivity contribution in [2.45, 2.75) is 43.6 Å². The van der Waals surface area contributed by atoms with Gasteiger partial charge in [-0.3, -0.25) is 9.59 Å². The van der Waals surface area contributed by atoms with Crippen LogP contribution in [0.2, 0.25) is 0 Å². The first kappa shape index (κ1) is 20.8. The maximum absolute atomic E-state index is 12.9. The number of carbonyl (C=O) groups excluding carboxylic acids is 2. The summed E-state index contributed by atoms with van der Waals surface area (Å²) in [6.45, 7) is 4.42. The highest BCUT2D eigenvalue weighted by atomic mass is 32.2. The number of carboxylic acids is 1. The van der Waals surface area contributed by atoms with Gasteiger partial charge in [0.15, 0.2) is 6.33 Å². The molecule has 12 heteroatoms. The minimum Gasteiger partial charge on any atom is -0.477 e. The Morgan fingerprint density at radius 3 is 2.73 bits per heavy atom. The maximum atomic E-state index is 12.9. The molecule has 0 radical (unpaired) electrons. The highest BCUT2D eigenvalue weighted by Gasteiger charge is 2.61. The summed E-state index contributed by atoms with van der Waals surface area (Å²) < 4.78 is 0. The number of hydrogen-bond donors (Lipinski definition) is 2. The van der Waals surface area contributed by atoms with Gasteiger partial charge in [-0.25, -0.2) is 4.79 Å². The molecule has 30 heavy (non-hydrogen) atoms. The van der Waals surface area contributed by atoms with E-state index < -0.39 is 11.9 Å². The van der Waals surface area contributed by atoms with E-state index in [1.165, 1.54) is 27.8 Å². The van der Waals surface area contributed by atoms with Gasteiger partial charge in [-0.1, -0.05) is 6.92 Å². The van der Waals surface area contributed by atoms with Crippen LogP contribution < -0.4 is 5.32 Å². The number of rotatable bonds is 6. The number of carboxylic acid groups (broad SMARTS) is 1. The van der Waals surface area contributed by atoms with Gasteiger partial charge in [0.05, 0.1) is 24.0 Å². The third kappa shape index (κ3) is 3.18. The number of tetrazole rings is 1. The summed E-state index contributed by atoms with van der Waals surface area (Å²) >= 11 is 1.47. The Morgan fingerprint density at radius 1 is 1.40 bits per heavy atom. The van der Waals surface area contributed by atoms with Gasteiger partial charge in [0.1, 0.15) is 5.70 Å². The van der Waals surface area contributed by atoms with Crippen molar-refractivity contribution in [2.24, 2.45) is 11.8 Å². The fourth-order valence-corrected chi connectivity index (χ4v) is 6.14. The van der Waals surface area contributed by atoms with Crippen LogP contribution in [-0.2, 0) is 14.4 Å². The number of β-lactam (4-membered cyclic amide) rings is 1. The Morgan fingerprint density at radius 2 is 2.13 bits per heavy atom. The number of hydrogen-bond acceptors (Lipinski definition) is 8. The van der Waals surface area contributed by atoms with E-state index in [-0.39, 0.29) is 46.8 Å². The second-order valence-corrected chi connectivity index (χ2v) is 9.54. The highest BCUT2D eigenvalue weighted by molar-refractivity contribution is 8.03. The molecular formula is C18H25N7O4S. The number of carbonyl (C=O) groups is 3. The highest BCUT2D eigenvalue weighted by Crippen LogP contribution is 2.53. The van der Waals surface area contributed by atoms with Crippen molar-refractivity contribution in [1.82, 2.24) is 35.3 Å². The van der Waals surface area contributed by atoms with Crippen LogP contribution in [0.25, 0.3) is 0 Å². The second-order valence-electron chi connectivity index (χ2n) is 8.20. The predicted octanol–water partition coefficient (Wildman–Crippen LogP) is -0.441. The Bertz CT molecular complexity index is 902. The molecular weight excluding hydrogens is 410 g/mol. The van der Waals surface area contributed by atoms with Crippen molar-refractivity contribution in [3.63, 3.8) is 0 Å². The van der Waals surface area contributed by atoms with Crippen molar-refractivity contribution < 1.29 is 19.5 Å². The van der Waals surface area contributed by atoms with Gasteiger partial charge < -0.3 is 20.2 Å². The summed E-state index contributed by atoms with van der Waals surface area (Å²) in [5, 5.41) is 24.8. The van der Waals surface area contributed by atoms with Gasteiger partial charge in [0.2, 0.25) is 11.8 Å². The van der Waals surface area contributed by atoms with Gasteiger partial charge in [-0.05, 0) is 18.6 Å². The van der Waals surface area contributed by atoms with E-state index in [0.29, 0.717) is 17.9 Å². The van der Waals surface area contributed by atoms with Crippen molar-refractivity contribution >= 4 is 29.5 Å². The summed E-state index contributed by atoms with van der Waals surface area (Å²) in [4.78, 5) is 42.3. The van der Waals surface area contributed by atoms with Crippen LogP contribution in [0.5, 0.6) is 0 Å². The van der Waals surface area contributed by atoms with E-state index in [0.717, 1.165) is 0 Å². The molecule has 3 aliphatic rings. The molecule has 2 amide bonds. The average molecular weight is 436 g/mol.